The summed E-state index contributed by atoms with van der Waals surface area (Å²) in [6, 6.07) is 0.0689. The predicted molar refractivity (Wildman–Crippen MR) is 115 cm³/mol. The van der Waals surface area contributed by atoms with Crippen molar-refractivity contribution in [3.63, 3.8) is 0 Å². The Morgan fingerprint density at radius 3 is 2.52 bits per heavy atom. The minimum absolute atomic E-state index is 0.0515. The molecule has 1 amide bonds. The van der Waals surface area contributed by atoms with Gasteiger partial charge in [-0.2, -0.15) is 0 Å². The standard InChI is InChI=1S/C22H40BN3O3/c24-14-15-3-1-4-17(13-15)16-8-11-26(12-9-16)22(27)19-6-7-20(23(28)29)21-18(19)5-2-10-25-21/h15-21,25,28-29H,1-14,24H2. The van der Waals surface area contributed by atoms with E-state index in [4.69, 9.17) is 5.73 Å². The highest BCUT2D eigenvalue weighted by atomic mass is 16.4. The van der Waals surface area contributed by atoms with E-state index in [-0.39, 0.29) is 23.7 Å². The molecule has 0 spiro atoms. The van der Waals surface area contributed by atoms with Gasteiger partial charge in [-0.1, -0.05) is 12.8 Å². The summed E-state index contributed by atoms with van der Waals surface area (Å²) in [5.74, 6) is 2.77. The number of piperidine rings is 2. The smallest absolute Gasteiger partial charge is 0.427 e. The quantitative estimate of drug-likeness (QED) is 0.533. The Kier molecular flexibility index (Phi) is 7.20. The van der Waals surface area contributed by atoms with Crippen LogP contribution in [-0.2, 0) is 4.79 Å². The van der Waals surface area contributed by atoms with Gasteiger partial charge in [0.1, 0.15) is 0 Å². The van der Waals surface area contributed by atoms with Crippen molar-refractivity contribution in [1.82, 2.24) is 10.2 Å². The zero-order chi connectivity index (χ0) is 20.4. The first-order chi connectivity index (χ1) is 14.1. The third-order valence-electron chi connectivity index (χ3n) is 8.72. The molecule has 0 bridgehead atoms. The zero-order valence-electron chi connectivity index (χ0n) is 17.8. The van der Waals surface area contributed by atoms with Gasteiger partial charge in [0.2, 0.25) is 5.91 Å². The lowest BCUT2D eigenvalue weighted by Gasteiger charge is -2.47. The molecule has 4 aliphatic rings. The normalized spacial score (nSPS) is 39.1. The highest BCUT2D eigenvalue weighted by Crippen LogP contribution is 2.44. The lowest BCUT2D eigenvalue weighted by Crippen LogP contribution is -2.56. The summed E-state index contributed by atoms with van der Waals surface area (Å²) >= 11 is 0. The van der Waals surface area contributed by atoms with Crippen molar-refractivity contribution in [2.75, 3.05) is 26.2 Å². The molecule has 2 aliphatic heterocycles. The van der Waals surface area contributed by atoms with E-state index in [1.54, 1.807) is 0 Å². The molecule has 2 saturated carbocycles. The molecule has 7 heteroatoms. The van der Waals surface area contributed by atoms with Crippen molar-refractivity contribution >= 4 is 13.0 Å². The Morgan fingerprint density at radius 2 is 1.79 bits per heavy atom. The molecule has 6 atom stereocenters. The summed E-state index contributed by atoms with van der Waals surface area (Å²) in [7, 11) is -1.28. The molecule has 0 aromatic heterocycles. The van der Waals surface area contributed by atoms with E-state index in [9.17, 15) is 14.8 Å². The fourth-order valence-corrected chi connectivity index (χ4v) is 7.07. The molecule has 6 nitrogen and oxygen atoms in total. The fraction of sp³-hybridized carbons (Fsp3) is 0.955. The number of hydrogen-bond donors (Lipinski definition) is 4. The maximum atomic E-state index is 13.4. The second-order valence-corrected chi connectivity index (χ2v) is 10.2. The van der Waals surface area contributed by atoms with Crippen LogP contribution in [0.4, 0.5) is 0 Å². The van der Waals surface area contributed by atoms with Gasteiger partial charge >= 0.3 is 7.12 Å². The Balaban J connectivity index is 1.33. The topological polar surface area (TPSA) is 98.8 Å². The van der Waals surface area contributed by atoms with Crippen LogP contribution in [0.25, 0.3) is 0 Å². The van der Waals surface area contributed by atoms with Crippen molar-refractivity contribution in [1.29, 1.82) is 0 Å². The van der Waals surface area contributed by atoms with Crippen molar-refractivity contribution in [3.05, 3.63) is 0 Å². The summed E-state index contributed by atoms with van der Waals surface area (Å²) in [5, 5.41) is 23.1. The molecular weight excluding hydrogens is 365 g/mol. The maximum Gasteiger partial charge on any atom is 0.456 e. The summed E-state index contributed by atoms with van der Waals surface area (Å²) in [6.45, 7) is 3.55. The molecule has 5 N–H and O–H groups in total. The largest absolute Gasteiger partial charge is 0.456 e. The molecule has 2 aliphatic carbocycles. The highest BCUT2D eigenvalue weighted by Gasteiger charge is 2.48. The number of amides is 1. The van der Waals surface area contributed by atoms with Gasteiger partial charge in [-0.25, -0.2) is 0 Å². The van der Waals surface area contributed by atoms with E-state index in [1.807, 2.05) is 0 Å². The molecule has 0 radical (unpaired) electrons. The van der Waals surface area contributed by atoms with Crippen LogP contribution in [0.2, 0.25) is 5.82 Å². The van der Waals surface area contributed by atoms with E-state index in [0.29, 0.717) is 11.8 Å². The van der Waals surface area contributed by atoms with E-state index in [2.05, 4.69) is 10.2 Å². The molecule has 4 rings (SSSR count). The van der Waals surface area contributed by atoms with Crippen LogP contribution in [0, 0.1) is 29.6 Å². The van der Waals surface area contributed by atoms with Gasteiger partial charge in [-0.15, -0.1) is 0 Å². The average Bonchev–Trinajstić information content (AvgIpc) is 2.78. The van der Waals surface area contributed by atoms with Crippen LogP contribution < -0.4 is 11.1 Å². The van der Waals surface area contributed by atoms with Gasteiger partial charge in [0.25, 0.3) is 0 Å². The van der Waals surface area contributed by atoms with Crippen LogP contribution in [-0.4, -0.2) is 60.2 Å². The van der Waals surface area contributed by atoms with Crippen LogP contribution in [0.3, 0.4) is 0 Å². The summed E-state index contributed by atoms with van der Waals surface area (Å²) in [4.78, 5) is 15.6. The second kappa shape index (κ2) is 9.67. The zero-order valence-corrected chi connectivity index (χ0v) is 17.8. The van der Waals surface area contributed by atoms with Gasteiger partial charge < -0.3 is 26.0 Å². The first kappa shape index (κ1) is 21.6. The Bertz CT molecular complexity index is 555. The van der Waals surface area contributed by atoms with Crippen LogP contribution in [0.5, 0.6) is 0 Å². The van der Waals surface area contributed by atoms with Crippen molar-refractivity contribution in [3.8, 4) is 0 Å². The molecule has 164 valence electrons. The molecule has 4 fully saturated rings. The third-order valence-corrected chi connectivity index (χ3v) is 8.72. The number of nitrogens with zero attached hydrogens (tertiary/aromatic N) is 1. The number of likely N-dealkylation sites (tertiary alicyclic amines) is 1. The fourth-order valence-electron chi connectivity index (χ4n) is 7.07. The number of nitrogens with two attached hydrogens (primary N) is 1. The highest BCUT2D eigenvalue weighted by molar-refractivity contribution is 6.43. The molecule has 2 heterocycles. The monoisotopic (exact) mass is 405 g/mol. The van der Waals surface area contributed by atoms with Crippen molar-refractivity contribution in [2.24, 2.45) is 35.3 Å². The summed E-state index contributed by atoms with van der Waals surface area (Å²) in [5.41, 5.74) is 5.93. The first-order valence-electron chi connectivity index (χ1n) is 12.2. The molecule has 2 saturated heterocycles. The van der Waals surface area contributed by atoms with E-state index in [0.717, 1.165) is 76.5 Å². The molecular formula is C22H40BN3O3. The predicted octanol–water partition coefficient (Wildman–Crippen LogP) is 1.61. The van der Waals surface area contributed by atoms with Crippen LogP contribution in [0.15, 0.2) is 0 Å². The first-order valence-corrected chi connectivity index (χ1v) is 12.2. The molecule has 6 unspecified atom stereocenters. The lowest BCUT2D eigenvalue weighted by molar-refractivity contribution is -0.141. The van der Waals surface area contributed by atoms with Crippen LogP contribution in [0.1, 0.15) is 64.2 Å². The minimum atomic E-state index is -1.28. The van der Waals surface area contributed by atoms with Gasteiger partial charge in [0.05, 0.1) is 0 Å². The van der Waals surface area contributed by atoms with Gasteiger partial charge in [-0.05, 0) is 88.1 Å². The molecule has 29 heavy (non-hydrogen) atoms. The Hall–Kier alpha value is -0.625. The van der Waals surface area contributed by atoms with Gasteiger partial charge in [0, 0.05) is 30.9 Å². The lowest BCUT2D eigenvalue weighted by atomic mass is 9.55. The number of fused-ring (bicyclic) bond motifs is 1. The van der Waals surface area contributed by atoms with E-state index >= 15 is 0 Å². The third kappa shape index (κ3) is 4.68. The number of carbonyl (C=O) groups is 1. The van der Waals surface area contributed by atoms with E-state index in [1.165, 1.54) is 25.7 Å². The Labute approximate surface area is 176 Å². The van der Waals surface area contributed by atoms with E-state index < -0.39 is 7.12 Å². The summed E-state index contributed by atoms with van der Waals surface area (Å²) < 4.78 is 0. The van der Waals surface area contributed by atoms with Crippen molar-refractivity contribution < 1.29 is 14.8 Å². The van der Waals surface area contributed by atoms with Crippen LogP contribution >= 0.6 is 0 Å². The Morgan fingerprint density at radius 1 is 1.00 bits per heavy atom. The number of rotatable bonds is 4. The SMILES string of the molecule is NCC1CCCC(C2CCN(C(=O)C3CCC(B(O)O)C4NCCCC34)CC2)C1. The van der Waals surface area contributed by atoms with Crippen molar-refractivity contribution in [2.45, 2.75) is 76.1 Å². The van der Waals surface area contributed by atoms with Gasteiger partial charge in [0.15, 0.2) is 0 Å². The number of carbonyl (C=O) groups excluding carboxylic acids is 1. The number of hydrogen-bond acceptors (Lipinski definition) is 5. The molecule has 0 aromatic rings. The maximum absolute atomic E-state index is 13.4. The average molecular weight is 405 g/mol. The second-order valence-electron chi connectivity index (χ2n) is 10.2. The minimum Gasteiger partial charge on any atom is -0.427 e. The summed E-state index contributed by atoms with van der Waals surface area (Å²) in [6.07, 6.45) is 11.2. The molecule has 0 aromatic carbocycles. The van der Waals surface area contributed by atoms with Gasteiger partial charge in [-0.3, -0.25) is 4.79 Å². The number of nitrogens with one attached hydrogen (secondary N) is 1.